The molecule has 0 saturated carbocycles. The van der Waals surface area contributed by atoms with E-state index in [1.54, 1.807) is 0 Å². The Balaban J connectivity index is 3.09. The Morgan fingerprint density at radius 1 is 1.29 bits per heavy atom. The third kappa shape index (κ3) is 5.48. The summed E-state index contributed by atoms with van der Waals surface area (Å²) in [5.41, 5.74) is 0. The van der Waals surface area contributed by atoms with E-state index in [9.17, 15) is 0 Å². The minimum absolute atomic E-state index is 1.13. The van der Waals surface area contributed by atoms with Crippen molar-refractivity contribution in [1.29, 1.82) is 0 Å². The zero-order valence-corrected chi connectivity index (χ0v) is 5.02. The van der Waals surface area contributed by atoms with Gasteiger partial charge in [0.05, 0.1) is 0 Å². The zero-order valence-electron chi connectivity index (χ0n) is 5.02. The predicted octanol–water partition coefficient (Wildman–Crippen LogP) is 2.53. The molecule has 0 aliphatic carbocycles. The quantitative estimate of drug-likeness (QED) is 0.463. The third-order valence-electron chi connectivity index (χ3n) is 0.675. The summed E-state index contributed by atoms with van der Waals surface area (Å²) in [5, 5.41) is 0. The molecule has 0 heteroatoms. The molecule has 40 valence electrons. The molecule has 0 amide bonds. The van der Waals surface area contributed by atoms with Gasteiger partial charge in [-0.25, -0.2) is 0 Å². The van der Waals surface area contributed by atoms with Crippen molar-refractivity contribution in [3.8, 4) is 0 Å². The Morgan fingerprint density at radius 2 is 2.00 bits per heavy atom. The number of allylic oxidation sites excluding steroid dienone is 4. The maximum absolute atomic E-state index is 2.12. The van der Waals surface area contributed by atoms with E-state index in [1.165, 1.54) is 0 Å². The van der Waals surface area contributed by atoms with Gasteiger partial charge in [0.25, 0.3) is 0 Å². The van der Waals surface area contributed by atoms with Gasteiger partial charge in [-0.15, -0.1) is 0 Å². The van der Waals surface area contributed by atoms with E-state index in [1.807, 2.05) is 19.1 Å². The lowest BCUT2D eigenvalue weighted by Gasteiger charge is -1.70. The molecule has 0 spiro atoms. The summed E-state index contributed by atoms with van der Waals surface area (Å²) >= 11 is 0. The highest BCUT2D eigenvalue weighted by Gasteiger charge is 1.57. The molecule has 0 unspecified atom stereocenters. The normalized spacial score (nSPS) is 11.7. The van der Waals surface area contributed by atoms with Gasteiger partial charge in [0.15, 0.2) is 0 Å². The monoisotopic (exact) mass is 96.1 g/mol. The molecule has 0 aromatic heterocycles. The van der Waals surface area contributed by atoms with Crippen LogP contribution in [0, 0.1) is 0 Å². The van der Waals surface area contributed by atoms with Crippen molar-refractivity contribution in [3.05, 3.63) is 24.3 Å². The molecule has 0 aromatic carbocycles. The van der Waals surface area contributed by atoms with Crippen LogP contribution in [0.25, 0.3) is 0 Å². The molecule has 0 rings (SSSR count). The average Bonchev–Trinajstić information content (AvgIpc) is 1.69. The summed E-state index contributed by atoms with van der Waals surface area (Å²) in [5.74, 6) is 0. The molecule has 0 nitrogen and oxygen atoms in total. The fourth-order valence-electron chi connectivity index (χ4n) is 0.326. The van der Waals surface area contributed by atoms with Crippen molar-refractivity contribution in [2.75, 3.05) is 0 Å². The number of hydrogen-bond acceptors (Lipinski definition) is 0. The van der Waals surface area contributed by atoms with Gasteiger partial charge < -0.3 is 0 Å². The summed E-state index contributed by atoms with van der Waals surface area (Å²) in [6, 6.07) is 0. The van der Waals surface area contributed by atoms with Crippen molar-refractivity contribution >= 4 is 0 Å². The summed E-state index contributed by atoms with van der Waals surface area (Å²) in [6.45, 7) is 4.14. The van der Waals surface area contributed by atoms with E-state index < -0.39 is 0 Å². The van der Waals surface area contributed by atoms with Crippen LogP contribution in [0.3, 0.4) is 0 Å². The van der Waals surface area contributed by atoms with Gasteiger partial charge in [-0.2, -0.15) is 0 Å². The highest BCUT2D eigenvalue weighted by atomic mass is 13.6. The molecule has 0 fully saturated rings. The molecule has 0 aromatic rings. The van der Waals surface area contributed by atoms with Crippen LogP contribution in [-0.4, -0.2) is 0 Å². The van der Waals surface area contributed by atoms with Crippen LogP contribution in [-0.2, 0) is 0 Å². The van der Waals surface area contributed by atoms with Crippen LogP contribution in [0.1, 0.15) is 20.3 Å². The second-order valence-corrected chi connectivity index (χ2v) is 1.36. The van der Waals surface area contributed by atoms with Gasteiger partial charge >= 0.3 is 0 Å². The lowest BCUT2D eigenvalue weighted by molar-refractivity contribution is 1.22. The van der Waals surface area contributed by atoms with Gasteiger partial charge in [0.2, 0.25) is 0 Å². The molecule has 0 aliphatic heterocycles. The van der Waals surface area contributed by atoms with Crippen molar-refractivity contribution < 1.29 is 0 Å². The van der Waals surface area contributed by atoms with Crippen molar-refractivity contribution in [2.24, 2.45) is 0 Å². The van der Waals surface area contributed by atoms with E-state index in [-0.39, 0.29) is 0 Å². The van der Waals surface area contributed by atoms with Crippen molar-refractivity contribution in [3.63, 3.8) is 0 Å². The predicted molar refractivity (Wildman–Crippen MR) is 34.2 cm³/mol. The van der Waals surface area contributed by atoms with Gasteiger partial charge in [-0.1, -0.05) is 31.2 Å². The minimum atomic E-state index is 1.13. The SMILES string of the molecule is C/C=C/C=CCC. The van der Waals surface area contributed by atoms with Crippen molar-refractivity contribution in [2.45, 2.75) is 20.3 Å². The maximum atomic E-state index is 2.12. The van der Waals surface area contributed by atoms with Crippen LogP contribution in [0.4, 0.5) is 0 Å². The van der Waals surface area contributed by atoms with Gasteiger partial charge in [0.1, 0.15) is 0 Å². The Bertz CT molecular complexity index is 68.1. The summed E-state index contributed by atoms with van der Waals surface area (Å²) in [6.07, 6.45) is 9.36. The first-order valence-electron chi connectivity index (χ1n) is 2.69. The molecule has 0 saturated heterocycles. The Labute approximate surface area is 45.5 Å². The van der Waals surface area contributed by atoms with Crippen molar-refractivity contribution in [1.82, 2.24) is 0 Å². The van der Waals surface area contributed by atoms with Gasteiger partial charge in [-0.3, -0.25) is 0 Å². The fourth-order valence-corrected chi connectivity index (χ4v) is 0.326. The molecule has 0 bridgehead atoms. The van der Waals surface area contributed by atoms with Crippen LogP contribution in [0.15, 0.2) is 24.3 Å². The third-order valence-corrected chi connectivity index (χ3v) is 0.675. The van der Waals surface area contributed by atoms with E-state index in [0.29, 0.717) is 0 Å². The van der Waals surface area contributed by atoms with E-state index in [2.05, 4.69) is 19.1 Å². The van der Waals surface area contributed by atoms with Crippen LogP contribution >= 0.6 is 0 Å². The van der Waals surface area contributed by atoms with Crippen LogP contribution in [0.5, 0.6) is 0 Å². The second kappa shape index (κ2) is 5.48. The van der Waals surface area contributed by atoms with E-state index in [0.717, 1.165) is 6.42 Å². The highest BCUT2D eigenvalue weighted by molar-refractivity contribution is 5.00. The first-order valence-corrected chi connectivity index (χ1v) is 2.69. The standard InChI is InChI=1S/C7H12/c1-3-5-7-6-4-2/h3,5-7H,4H2,1-2H3/b5-3+,7-6?. The van der Waals surface area contributed by atoms with Gasteiger partial charge in [0, 0.05) is 0 Å². The van der Waals surface area contributed by atoms with Crippen LogP contribution < -0.4 is 0 Å². The number of rotatable bonds is 2. The molecule has 0 aliphatic rings. The average molecular weight is 96.2 g/mol. The van der Waals surface area contributed by atoms with E-state index >= 15 is 0 Å². The zero-order chi connectivity index (χ0) is 5.54. The Kier molecular flexibility index (Phi) is 5.07. The second-order valence-electron chi connectivity index (χ2n) is 1.36. The van der Waals surface area contributed by atoms with Crippen LogP contribution in [0.2, 0.25) is 0 Å². The highest BCUT2D eigenvalue weighted by Crippen LogP contribution is 1.79. The lowest BCUT2D eigenvalue weighted by Crippen LogP contribution is -1.48. The smallest absolute Gasteiger partial charge is 0.0376 e. The molecule has 0 radical (unpaired) electrons. The Morgan fingerprint density at radius 3 is 2.43 bits per heavy atom. The van der Waals surface area contributed by atoms with E-state index in [4.69, 9.17) is 0 Å². The molecule has 7 heavy (non-hydrogen) atoms. The number of hydrogen-bond donors (Lipinski definition) is 0. The topological polar surface area (TPSA) is 0 Å². The Hall–Kier alpha value is -0.520. The molecule has 0 heterocycles. The summed E-state index contributed by atoms with van der Waals surface area (Å²) < 4.78 is 0. The summed E-state index contributed by atoms with van der Waals surface area (Å²) in [7, 11) is 0. The molecular weight excluding hydrogens is 84.1 g/mol. The largest absolute Gasteiger partial charge is 0.0877 e. The van der Waals surface area contributed by atoms with Gasteiger partial charge in [-0.05, 0) is 13.3 Å². The first kappa shape index (κ1) is 6.48. The molecule has 0 N–H and O–H groups in total. The molecule has 0 atom stereocenters. The first-order chi connectivity index (χ1) is 3.41. The lowest BCUT2D eigenvalue weighted by atomic mass is 10.4. The fraction of sp³-hybridized carbons (Fsp3) is 0.429. The molecular formula is C7H12. The minimum Gasteiger partial charge on any atom is -0.0877 e. The summed E-state index contributed by atoms with van der Waals surface area (Å²) in [4.78, 5) is 0. The maximum Gasteiger partial charge on any atom is -0.0376 e.